The fourth-order valence-corrected chi connectivity index (χ4v) is 2.36. The summed E-state index contributed by atoms with van der Waals surface area (Å²) >= 11 is 3.37. The molecule has 0 spiro atoms. The molecule has 0 amide bonds. The fraction of sp³-hybridized carbons (Fsp3) is 0.500. The van der Waals surface area contributed by atoms with Crippen LogP contribution in [0.1, 0.15) is 36.8 Å². The molecular weight excluding hydrogens is 299 g/mol. The van der Waals surface area contributed by atoms with Crippen LogP contribution in [0.5, 0.6) is 0 Å². The van der Waals surface area contributed by atoms with Gasteiger partial charge in [-0.2, -0.15) is 0 Å². The molecule has 0 atom stereocenters. The molecule has 0 unspecified atom stereocenters. The molecule has 0 aliphatic heterocycles. The number of alkyl halides is 1. The minimum absolute atomic E-state index is 0.103. The zero-order chi connectivity index (χ0) is 13.4. The topological polar surface area (TPSA) is 37.3 Å². The van der Waals surface area contributed by atoms with Crippen molar-refractivity contribution in [3.8, 4) is 0 Å². The zero-order valence-electron chi connectivity index (χ0n) is 10.3. The van der Waals surface area contributed by atoms with Crippen LogP contribution in [0.25, 0.3) is 0 Å². The molecule has 1 aromatic carbocycles. The Bertz CT molecular complexity index is 393. The molecule has 0 aliphatic rings. The molecule has 1 aromatic rings. The van der Waals surface area contributed by atoms with Crippen molar-refractivity contribution in [2.75, 3.05) is 5.33 Å². The van der Waals surface area contributed by atoms with E-state index in [2.05, 4.69) is 15.9 Å². The summed E-state index contributed by atoms with van der Waals surface area (Å²) in [4.78, 5) is 10.7. The van der Waals surface area contributed by atoms with Gasteiger partial charge in [-0.25, -0.2) is 4.39 Å². The van der Waals surface area contributed by atoms with E-state index in [9.17, 15) is 9.18 Å². The maximum atomic E-state index is 13.7. The Hall–Kier alpha value is -0.900. The van der Waals surface area contributed by atoms with Crippen LogP contribution < -0.4 is 0 Å². The molecule has 0 heterocycles. The van der Waals surface area contributed by atoms with Crippen molar-refractivity contribution in [1.29, 1.82) is 0 Å². The fourth-order valence-electron chi connectivity index (χ4n) is 1.96. The summed E-state index contributed by atoms with van der Waals surface area (Å²) in [5.41, 5.74) is 1.17. The average Bonchev–Trinajstić information content (AvgIpc) is 2.31. The molecule has 0 aromatic heterocycles. The second-order valence-electron chi connectivity index (χ2n) is 4.30. The van der Waals surface area contributed by atoms with Crippen molar-refractivity contribution < 1.29 is 14.3 Å². The third-order valence-corrected chi connectivity index (χ3v) is 3.43. The number of halogens is 2. The highest BCUT2D eigenvalue weighted by molar-refractivity contribution is 9.09. The molecule has 1 rings (SSSR count). The Morgan fingerprint density at radius 2 is 1.94 bits per heavy atom. The third kappa shape index (κ3) is 5.17. The number of carboxylic acids is 1. The maximum Gasteiger partial charge on any atom is 0.307 e. The van der Waals surface area contributed by atoms with E-state index in [1.165, 1.54) is 6.07 Å². The van der Waals surface area contributed by atoms with E-state index in [1.54, 1.807) is 12.1 Å². The van der Waals surface area contributed by atoms with Crippen LogP contribution >= 0.6 is 15.9 Å². The molecule has 0 fully saturated rings. The average molecular weight is 317 g/mol. The van der Waals surface area contributed by atoms with Gasteiger partial charge in [0.25, 0.3) is 0 Å². The van der Waals surface area contributed by atoms with E-state index in [1.807, 2.05) is 0 Å². The monoisotopic (exact) mass is 316 g/mol. The Balaban J connectivity index is 2.59. The molecular formula is C14H18BrFO2. The van der Waals surface area contributed by atoms with Gasteiger partial charge in [0.15, 0.2) is 0 Å². The minimum Gasteiger partial charge on any atom is -0.481 e. The van der Waals surface area contributed by atoms with Gasteiger partial charge in [0, 0.05) is 5.33 Å². The van der Waals surface area contributed by atoms with Crippen molar-refractivity contribution in [1.82, 2.24) is 0 Å². The van der Waals surface area contributed by atoms with E-state index in [0.29, 0.717) is 17.5 Å². The molecule has 0 bridgehead atoms. The lowest BCUT2D eigenvalue weighted by atomic mass is 9.98. The summed E-state index contributed by atoms with van der Waals surface area (Å²) in [6, 6.07) is 4.67. The number of hydrogen-bond donors (Lipinski definition) is 1. The van der Waals surface area contributed by atoms with Gasteiger partial charge in [0.1, 0.15) is 5.82 Å². The summed E-state index contributed by atoms with van der Waals surface area (Å²) in [5, 5.41) is 9.79. The van der Waals surface area contributed by atoms with Crippen molar-refractivity contribution in [2.24, 2.45) is 0 Å². The normalized spacial score (nSPS) is 10.6. The van der Waals surface area contributed by atoms with Crippen LogP contribution in [0.3, 0.4) is 0 Å². The van der Waals surface area contributed by atoms with Gasteiger partial charge in [-0.1, -0.05) is 40.9 Å². The molecule has 1 N–H and O–H groups in total. The van der Waals surface area contributed by atoms with Crippen LogP contribution in [0, 0.1) is 5.82 Å². The first-order valence-corrected chi connectivity index (χ1v) is 7.31. The van der Waals surface area contributed by atoms with Gasteiger partial charge in [0.2, 0.25) is 0 Å². The van der Waals surface area contributed by atoms with Crippen LogP contribution in [-0.2, 0) is 17.6 Å². The van der Waals surface area contributed by atoms with Gasteiger partial charge in [-0.3, -0.25) is 4.79 Å². The Kier molecular flexibility index (Phi) is 6.94. The Morgan fingerprint density at radius 3 is 2.61 bits per heavy atom. The SMILES string of the molecule is O=C(O)Cc1cccc(F)c1CCCCCCBr. The predicted octanol–water partition coefficient (Wildman–Crippen LogP) is 3.95. The molecule has 0 saturated carbocycles. The van der Waals surface area contributed by atoms with Crippen molar-refractivity contribution >= 4 is 21.9 Å². The van der Waals surface area contributed by atoms with E-state index in [4.69, 9.17) is 5.11 Å². The van der Waals surface area contributed by atoms with Crippen LogP contribution in [0.15, 0.2) is 18.2 Å². The van der Waals surface area contributed by atoms with Gasteiger partial charge in [0.05, 0.1) is 6.42 Å². The lowest BCUT2D eigenvalue weighted by molar-refractivity contribution is -0.136. The third-order valence-electron chi connectivity index (χ3n) is 2.87. The number of carboxylic acid groups (broad SMARTS) is 1. The van der Waals surface area contributed by atoms with E-state index in [0.717, 1.165) is 31.0 Å². The number of aliphatic carboxylic acids is 1. The molecule has 0 radical (unpaired) electrons. The molecule has 0 saturated heterocycles. The van der Waals surface area contributed by atoms with Gasteiger partial charge in [-0.05, 0) is 36.5 Å². The van der Waals surface area contributed by atoms with Crippen molar-refractivity contribution in [3.63, 3.8) is 0 Å². The molecule has 4 heteroatoms. The number of carbonyl (C=O) groups is 1. The first kappa shape index (κ1) is 15.2. The highest BCUT2D eigenvalue weighted by Crippen LogP contribution is 2.18. The summed E-state index contributed by atoms with van der Waals surface area (Å²) in [6.45, 7) is 0. The number of rotatable bonds is 8. The van der Waals surface area contributed by atoms with E-state index >= 15 is 0 Å². The molecule has 0 aliphatic carbocycles. The summed E-state index contributed by atoms with van der Waals surface area (Å²) < 4.78 is 13.7. The van der Waals surface area contributed by atoms with Gasteiger partial charge >= 0.3 is 5.97 Å². The first-order chi connectivity index (χ1) is 8.65. The Morgan fingerprint density at radius 1 is 1.22 bits per heavy atom. The number of benzene rings is 1. The highest BCUT2D eigenvalue weighted by atomic mass is 79.9. The second kappa shape index (κ2) is 8.25. The lowest BCUT2D eigenvalue weighted by Gasteiger charge is -2.09. The molecule has 100 valence electrons. The standard InChI is InChI=1S/C14H18BrFO2/c15-9-4-2-1-3-7-12-11(10-14(17)18)6-5-8-13(12)16/h5-6,8H,1-4,7,9-10H2,(H,17,18). The van der Waals surface area contributed by atoms with Crippen molar-refractivity contribution in [3.05, 3.63) is 35.1 Å². The van der Waals surface area contributed by atoms with E-state index < -0.39 is 5.97 Å². The van der Waals surface area contributed by atoms with E-state index in [-0.39, 0.29) is 12.2 Å². The lowest BCUT2D eigenvalue weighted by Crippen LogP contribution is -2.05. The molecule has 2 nitrogen and oxygen atoms in total. The van der Waals surface area contributed by atoms with Gasteiger partial charge in [-0.15, -0.1) is 0 Å². The predicted molar refractivity (Wildman–Crippen MR) is 73.7 cm³/mol. The van der Waals surface area contributed by atoms with Gasteiger partial charge < -0.3 is 5.11 Å². The number of unbranched alkanes of at least 4 members (excludes halogenated alkanes) is 3. The Labute approximate surface area is 115 Å². The zero-order valence-corrected chi connectivity index (χ0v) is 11.9. The maximum absolute atomic E-state index is 13.7. The second-order valence-corrected chi connectivity index (χ2v) is 5.09. The minimum atomic E-state index is -0.916. The number of hydrogen-bond acceptors (Lipinski definition) is 1. The summed E-state index contributed by atoms with van der Waals surface area (Å²) in [6.07, 6.45) is 4.71. The van der Waals surface area contributed by atoms with Crippen molar-refractivity contribution in [2.45, 2.75) is 38.5 Å². The largest absolute Gasteiger partial charge is 0.481 e. The first-order valence-electron chi connectivity index (χ1n) is 6.19. The summed E-state index contributed by atoms with van der Waals surface area (Å²) in [7, 11) is 0. The van der Waals surface area contributed by atoms with Crippen LogP contribution in [0.4, 0.5) is 4.39 Å². The van der Waals surface area contributed by atoms with Crippen LogP contribution in [0.2, 0.25) is 0 Å². The van der Waals surface area contributed by atoms with Crippen LogP contribution in [-0.4, -0.2) is 16.4 Å². The molecule has 18 heavy (non-hydrogen) atoms. The quantitative estimate of drug-likeness (QED) is 0.582. The smallest absolute Gasteiger partial charge is 0.307 e. The summed E-state index contributed by atoms with van der Waals surface area (Å²) in [5.74, 6) is -1.20. The highest BCUT2D eigenvalue weighted by Gasteiger charge is 2.10.